The lowest BCUT2D eigenvalue weighted by molar-refractivity contribution is -0.129. The smallest absolute Gasteiger partial charge is 0.366 e. The summed E-state index contributed by atoms with van der Waals surface area (Å²) in [4.78, 5) is 1.25. The highest BCUT2D eigenvalue weighted by molar-refractivity contribution is 7.90. The molecular weight excluding hydrogens is 453 g/mol. The van der Waals surface area contributed by atoms with E-state index in [9.17, 15) is 43.4 Å². The predicted octanol–water partition coefficient (Wildman–Crippen LogP) is 3.17. The Labute approximate surface area is 165 Å². The molecule has 1 aromatic carbocycles. The van der Waals surface area contributed by atoms with E-state index >= 15 is 0 Å². The van der Waals surface area contributed by atoms with Crippen molar-refractivity contribution in [2.75, 3.05) is 36.8 Å². The van der Waals surface area contributed by atoms with Gasteiger partial charge in [0.1, 0.15) is 5.82 Å². The first-order valence-corrected chi connectivity index (χ1v) is 11.0. The Balaban J connectivity index is 2.19. The molecule has 1 atom stereocenters. The minimum absolute atomic E-state index is 0.0176. The minimum atomic E-state index is -5.51. The molecule has 29 heavy (non-hydrogen) atoms. The van der Waals surface area contributed by atoms with Gasteiger partial charge in [0, 0.05) is 36.8 Å². The molecule has 1 aromatic rings. The molecule has 1 heterocycles. The molecule has 5 nitrogen and oxygen atoms in total. The fourth-order valence-corrected chi connectivity index (χ4v) is 5.00. The van der Waals surface area contributed by atoms with Crippen molar-refractivity contribution < 1.29 is 43.4 Å². The Morgan fingerprint density at radius 3 is 2.07 bits per heavy atom. The standard InChI is InChI=1S/C15H17F7N2O3S2/c1-10-8-11(16)12(9-13(10)28(25)7-2-14(17,18)19)23-3-5-24(6-4-23)29(26,27)15(20,21)22/h8-9H,2-7H2,1H3. The Morgan fingerprint density at radius 1 is 1.03 bits per heavy atom. The van der Waals surface area contributed by atoms with Gasteiger partial charge in [0.25, 0.3) is 0 Å². The monoisotopic (exact) mass is 470 g/mol. The number of anilines is 1. The first-order chi connectivity index (χ1) is 13.1. The third-order valence-corrected chi connectivity index (χ3v) is 7.41. The number of piperazine rings is 1. The van der Waals surface area contributed by atoms with E-state index in [0.29, 0.717) is 0 Å². The summed E-state index contributed by atoms with van der Waals surface area (Å²) in [6.45, 7) is -0.279. The number of hydrogen-bond donors (Lipinski definition) is 0. The highest BCUT2D eigenvalue weighted by Crippen LogP contribution is 2.31. The quantitative estimate of drug-likeness (QED) is 0.621. The average Bonchev–Trinajstić information content (AvgIpc) is 2.58. The molecule has 0 saturated carbocycles. The molecule has 1 aliphatic rings. The van der Waals surface area contributed by atoms with Crippen molar-refractivity contribution in [2.45, 2.75) is 29.9 Å². The Hall–Kier alpha value is -1.41. The van der Waals surface area contributed by atoms with Gasteiger partial charge in [0.05, 0.1) is 22.9 Å². The largest absolute Gasteiger partial charge is 0.511 e. The highest BCUT2D eigenvalue weighted by Gasteiger charge is 2.50. The van der Waals surface area contributed by atoms with Crippen molar-refractivity contribution in [3.05, 3.63) is 23.5 Å². The van der Waals surface area contributed by atoms with Crippen LogP contribution in [0, 0.1) is 12.7 Å². The van der Waals surface area contributed by atoms with Crippen molar-refractivity contribution >= 4 is 26.5 Å². The van der Waals surface area contributed by atoms with E-state index in [0.717, 1.165) is 12.1 Å². The van der Waals surface area contributed by atoms with Crippen molar-refractivity contribution in [2.24, 2.45) is 0 Å². The van der Waals surface area contributed by atoms with Crippen LogP contribution in [-0.4, -0.2) is 60.5 Å². The second-order valence-corrected chi connectivity index (χ2v) is 9.79. The summed E-state index contributed by atoms with van der Waals surface area (Å²) in [5.41, 5.74) is -5.44. The summed E-state index contributed by atoms with van der Waals surface area (Å²) in [6.07, 6.45) is -5.80. The maximum atomic E-state index is 14.3. The Morgan fingerprint density at radius 2 is 1.59 bits per heavy atom. The molecule has 1 fully saturated rings. The number of nitrogens with zero attached hydrogens (tertiary/aromatic N) is 2. The van der Waals surface area contributed by atoms with E-state index in [1.165, 1.54) is 11.8 Å². The van der Waals surface area contributed by atoms with Gasteiger partial charge >= 0.3 is 21.7 Å². The van der Waals surface area contributed by atoms with Crippen LogP contribution >= 0.6 is 0 Å². The molecule has 0 N–H and O–H groups in total. The third kappa shape index (κ3) is 5.60. The van der Waals surface area contributed by atoms with Crippen LogP contribution in [0.25, 0.3) is 0 Å². The molecular formula is C15H17F7N2O3S2. The van der Waals surface area contributed by atoms with E-state index in [1.54, 1.807) is 0 Å². The molecule has 0 amide bonds. The van der Waals surface area contributed by atoms with Crippen LogP contribution in [0.5, 0.6) is 0 Å². The zero-order chi connectivity index (χ0) is 22.2. The summed E-state index contributed by atoms with van der Waals surface area (Å²) in [5, 5.41) is 0. The number of hydrogen-bond acceptors (Lipinski definition) is 4. The number of rotatable bonds is 5. The molecule has 2 rings (SSSR count). The van der Waals surface area contributed by atoms with Gasteiger partial charge in [-0.25, -0.2) is 12.8 Å². The van der Waals surface area contributed by atoms with Crippen LogP contribution < -0.4 is 4.90 Å². The molecule has 0 spiro atoms. The second kappa shape index (κ2) is 8.38. The van der Waals surface area contributed by atoms with Gasteiger partial charge in [-0.3, -0.25) is 4.21 Å². The lowest BCUT2D eigenvalue weighted by Gasteiger charge is -2.35. The molecule has 1 unspecified atom stereocenters. The predicted molar refractivity (Wildman–Crippen MR) is 91.8 cm³/mol. The first-order valence-electron chi connectivity index (χ1n) is 8.20. The molecule has 1 aliphatic heterocycles. The van der Waals surface area contributed by atoms with E-state index in [-0.39, 0.29) is 33.5 Å². The van der Waals surface area contributed by atoms with Crippen molar-refractivity contribution in [1.29, 1.82) is 0 Å². The fraction of sp³-hybridized carbons (Fsp3) is 0.600. The lowest BCUT2D eigenvalue weighted by atomic mass is 10.2. The number of aryl methyl sites for hydroxylation is 1. The maximum absolute atomic E-state index is 14.3. The molecule has 0 radical (unpaired) electrons. The number of sulfonamides is 1. The Kier molecular flexibility index (Phi) is 6.89. The topological polar surface area (TPSA) is 57.7 Å². The van der Waals surface area contributed by atoms with Crippen LogP contribution in [0.3, 0.4) is 0 Å². The summed E-state index contributed by atoms with van der Waals surface area (Å²) in [6, 6.07) is 2.08. The summed E-state index contributed by atoms with van der Waals surface area (Å²) < 4.78 is 125. The van der Waals surface area contributed by atoms with Crippen molar-refractivity contribution in [3.8, 4) is 0 Å². The van der Waals surface area contributed by atoms with E-state index in [2.05, 4.69) is 0 Å². The van der Waals surface area contributed by atoms with Crippen molar-refractivity contribution in [3.63, 3.8) is 0 Å². The maximum Gasteiger partial charge on any atom is 0.511 e. The van der Waals surface area contributed by atoms with Gasteiger partial charge in [-0.2, -0.15) is 30.6 Å². The van der Waals surface area contributed by atoms with E-state index in [1.807, 2.05) is 0 Å². The molecule has 1 saturated heterocycles. The average molecular weight is 470 g/mol. The van der Waals surface area contributed by atoms with Crippen LogP contribution in [0.15, 0.2) is 17.0 Å². The van der Waals surface area contributed by atoms with Gasteiger partial charge < -0.3 is 4.90 Å². The van der Waals surface area contributed by atoms with E-state index in [4.69, 9.17) is 0 Å². The number of alkyl halides is 6. The molecule has 14 heteroatoms. The van der Waals surface area contributed by atoms with Crippen LogP contribution in [-0.2, 0) is 20.8 Å². The van der Waals surface area contributed by atoms with Gasteiger partial charge in [0.15, 0.2) is 0 Å². The lowest BCUT2D eigenvalue weighted by Crippen LogP contribution is -2.52. The van der Waals surface area contributed by atoms with Crippen LogP contribution in [0.4, 0.5) is 36.4 Å². The molecule has 0 bridgehead atoms. The zero-order valence-corrected chi connectivity index (χ0v) is 16.6. The van der Waals surface area contributed by atoms with Gasteiger partial charge in [-0.15, -0.1) is 0 Å². The fourth-order valence-electron chi connectivity index (χ4n) is 2.76. The molecule has 0 aliphatic carbocycles. The van der Waals surface area contributed by atoms with Crippen molar-refractivity contribution in [1.82, 2.24) is 4.31 Å². The van der Waals surface area contributed by atoms with E-state index < -0.39 is 63.6 Å². The zero-order valence-electron chi connectivity index (χ0n) is 15.0. The molecule has 0 aromatic heterocycles. The van der Waals surface area contributed by atoms with Crippen LogP contribution in [0.1, 0.15) is 12.0 Å². The number of halogens is 7. The van der Waals surface area contributed by atoms with Gasteiger partial charge in [-0.1, -0.05) is 0 Å². The number of benzene rings is 1. The first kappa shape index (κ1) is 23.9. The minimum Gasteiger partial charge on any atom is -0.366 e. The second-order valence-electron chi connectivity index (χ2n) is 6.32. The highest BCUT2D eigenvalue weighted by atomic mass is 32.2. The van der Waals surface area contributed by atoms with Crippen LogP contribution in [0.2, 0.25) is 0 Å². The summed E-state index contributed by atoms with van der Waals surface area (Å²) >= 11 is 0. The molecule has 166 valence electrons. The Bertz CT molecular complexity index is 877. The van der Waals surface area contributed by atoms with Gasteiger partial charge in [-0.05, 0) is 24.6 Å². The van der Waals surface area contributed by atoms with Gasteiger partial charge in [0.2, 0.25) is 0 Å². The normalized spacial score (nSPS) is 18.1. The third-order valence-electron chi connectivity index (χ3n) is 4.27. The SMILES string of the molecule is Cc1cc(F)c(N2CCN(S(=O)(=O)C(F)(F)F)CC2)cc1S(=O)CCC(F)(F)F. The summed E-state index contributed by atoms with van der Waals surface area (Å²) in [5.74, 6) is -1.52. The summed E-state index contributed by atoms with van der Waals surface area (Å²) in [7, 11) is -7.57.